The van der Waals surface area contributed by atoms with E-state index in [2.05, 4.69) is 10.4 Å². The highest BCUT2D eigenvalue weighted by molar-refractivity contribution is 7.98. The summed E-state index contributed by atoms with van der Waals surface area (Å²) in [5.41, 5.74) is 2.06. The molecule has 0 saturated heterocycles. The molecule has 0 saturated carbocycles. The Morgan fingerprint density at radius 2 is 2.21 bits per heavy atom. The average Bonchev–Trinajstić information content (AvgIpc) is 2.81. The third-order valence-electron chi connectivity index (χ3n) is 3.19. The van der Waals surface area contributed by atoms with Crippen LogP contribution in [0.1, 0.15) is 24.2 Å². The first kappa shape index (κ1) is 14.1. The van der Waals surface area contributed by atoms with Gasteiger partial charge in [0, 0.05) is 30.7 Å². The SMILES string of the molecule is CSc1ccc([C@H](C)NCc2ccnn2C)cc1F. The van der Waals surface area contributed by atoms with Crippen LogP contribution in [0.15, 0.2) is 35.4 Å². The Labute approximate surface area is 117 Å². The highest BCUT2D eigenvalue weighted by Crippen LogP contribution is 2.23. The van der Waals surface area contributed by atoms with Gasteiger partial charge in [-0.1, -0.05) is 6.07 Å². The molecule has 1 atom stereocenters. The monoisotopic (exact) mass is 279 g/mol. The van der Waals surface area contributed by atoms with Gasteiger partial charge in [-0.15, -0.1) is 11.8 Å². The molecule has 5 heteroatoms. The Hall–Kier alpha value is -1.33. The van der Waals surface area contributed by atoms with Gasteiger partial charge in [0.05, 0.1) is 5.69 Å². The van der Waals surface area contributed by atoms with Gasteiger partial charge in [-0.05, 0) is 36.9 Å². The van der Waals surface area contributed by atoms with Gasteiger partial charge in [0.25, 0.3) is 0 Å². The van der Waals surface area contributed by atoms with Gasteiger partial charge in [-0.2, -0.15) is 5.10 Å². The molecule has 0 bridgehead atoms. The van der Waals surface area contributed by atoms with E-state index in [4.69, 9.17) is 0 Å². The summed E-state index contributed by atoms with van der Waals surface area (Å²) in [5.74, 6) is -0.154. The fourth-order valence-corrected chi connectivity index (χ4v) is 2.36. The molecule has 1 aromatic heterocycles. The van der Waals surface area contributed by atoms with Crippen LogP contribution in [0.2, 0.25) is 0 Å². The second-order valence-electron chi connectivity index (χ2n) is 4.44. The zero-order chi connectivity index (χ0) is 13.8. The molecule has 1 N–H and O–H groups in total. The summed E-state index contributed by atoms with van der Waals surface area (Å²) in [4.78, 5) is 0.683. The second-order valence-corrected chi connectivity index (χ2v) is 5.29. The highest BCUT2D eigenvalue weighted by atomic mass is 32.2. The lowest BCUT2D eigenvalue weighted by Gasteiger charge is -2.15. The molecule has 19 heavy (non-hydrogen) atoms. The number of hydrogen-bond donors (Lipinski definition) is 1. The molecule has 0 aliphatic heterocycles. The van der Waals surface area contributed by atoms with E-state index >= 15 is 0 Å². The fourth-order valence-electron chi connectivity index (χ4n) is 1.90. The molecule has 2 aromatic rings. The van der Waals surface area contributed by atoms with E-state index < -0.39 is 0 Å². The quantitative estimate of drug-likeness (QED) is 0.853. The Bertz CT molecular complexity index is 553. The van der Waals surface area contributed by atoms with Crippen LogP contribution in [0.25, 0.3) is 0 Å². The molecule has 0 unspecified atom stereocenters. The summed E-state index contributed by atoms with van der Waals surface area (Å²) in [5, 5.41) is 7.49. The Morgan fingerprint density at radius 1 is 1.42 bits per heavy atom. The van der Waals surface area contributed by atoms with Crippen LogP contribution in [-0.2, 0) is 13.6 Å². The van der Waals surface area contributed by atoms with Gasteiger partial charge in [0.1, 0.15) is 5.82 Å². The van der Waals surface area contributed by atoms with Crippen molar-refractivity contribution in [2.45, 2.75) is 24.4 Å². The summed E-state index contributed by atoms with van der Waals surface area (Å²) in [7, 11) is 1.91. The molecular weight excluding hydrogens is 261 g/mol. The van der Waals surface area contributed by atoms with Crippen molar-refractivity contribution in [2.24, 2.45) is 7.05 Å². The van der Waals surface area contributed by atoms with Crippen molar-refractivity contribution in [2.75, 3.05) is 6.26 Å². The van der Waals surface area contributed by atoms with E-state index in [1.807, 2.05) is 43.1 Å². The summed E-state index contributed by atoms with van der Waals surface area (Å²) >= 11 is 1.42. The molecule has 0 radical (unpaired) electrons. The van der Waals surface area contributed by atoms with Crippen molar-refractivity contribution >= 4 is 11.8 Å². The number of aryl methyl sites for hydroxylation is 1. The standard InChI is InChI=1S/C14H18FN3S/c1-10(16-9-12-6-7-17-18(12)2)11-4-5-14(19-3)13(15)8-11/h4-8,10,16H,9H2,1-3H3/t10-/m0/s1. The molecule has 1 heterocycles. The summed E-state index contributed by atoms with van der Waals surface area (Å²) in [6.45, 7) is 2.74. The number of rotatable bonds is 5. The van der Waals surface area contributed by atoms with Gasteiger partial charge in [-0.3, -0.25) is 4.68 Å². The lowest BCUT2D eigenvalue weighted by Crippen LogP contribution is -2.20. The second kappa shape index (κ2) is 6.21. The van der Waals surface area contributed by atoms with Crippen molar-refractivity contribution in [3.8, 4) is 0 Å². The Kier molecular flexibility index (Phi) is 4.61. The van der Waals surface area contributed by atoms with E-state index in [1.165, 1.54) is 11.8 Å². The van der Waals surface area contributed by atoms with Crippen LogP contribution in [-0.4, -0.2) is 16.0 Å². The van der Waals surface area contributed by atoms with Gasteiger partial charge in [-0.25, -0.2) is 4.39 Å². The maximum absolute atomic E-state index is 13.7. The normalized spacial score (nSPS) is 12.6. The largest absolute Gasteiger partial charge is 0.305 e. The maximum atomic E-state index is 13.7. The van der Waals surface area contributed by atoms with E-state index in [-0.39, 0.29) is 11.9 Å². The maximum Gasteiger partial charge on any atom is 0.137 e. The average molecular weight is 279 g/mol. The molecular formula is C14H18FN3S. The molecule has 0 spiro atoms. The van der Waals surface area contributed by atoms with Crippen LogP contribution < -0.4 is 5.32 Å². The third kappa shape index (κ3) is 3.36. The number of hydrogen-bond acceptors (Lipinski definition) is 3. The van der Waals surface area contributed by atoms with Crippen molar-refractivity contribution in [3.05, 3.63) is 47.5 Å². The Balaban J connectivity index is 2.02. The summed E-state index contributed by atoms with van der Waals surface area (Å²) < 4.78 is 15.6. The first-order valence-corrected chi connectivity index (χ1v) is 7.38. The molecule has 2 rings (SSSR count). The van der Waals surface area contributed by atoms with Crippen molar-refractivity contribution in [1.29, 1.82) is 0 Å². The zero-order valence-corrected chi connectivity index (χ0v) is 12.2. The van der Waals surface area contributed by atoms with Gasteiger partial charge < -0.3 is 5.32 Å². The fraction of sp³-hybridized carbons (Fsp3) is 0.357. The van der Waals surface area contributed by atoms with E-state index in [1.54, 1.807) is 12.3 Å². The first-order valence-electron chi connectivity index (χ1n) is 6.15. The van der Waals surface area contributed by atoms with Gasteiger partial charge in [0.2, 0.25) is 0 Å². The van der Waals surface area contributed by atoms with E-state index in [0.29, 0.717) is 11.4 Å². The van der Waals surface area contributed by atoms with Crippen LogP contribution in [0.4, 0.5) is 4.39 Å². The molecule has 3 nitrogen and oxygen atoms in total. The Morgan fingerprint density at radius 3 is 2.79 bits per heavy atom. The molecule has 0 amide bonds. The zero-order valence-electron chi connectivity index (χ0n) is 11.4. The van der Waals surface area contributed by atoms with Crippen LogP contribution in [0.3, 0.4) is 0 Å². The van der Waals surface area contributed by atoms with Gasteiger partial charge >= 0.3 is 0 Å². The summed E-state index contributed by atoms with van der Waals surface area (Å²) in [6, 6.07) is 7.47. The molecule has 0 fully saturated rings. The third-order valence-corrected chi connectivity index (χ3v) is 3.96. The van der Waals surface area contributed by atoms with Crippen molar-refractivity contribution in [1.82, 2.24) is 15.1 Å². The van der Waals surface area contributed by atoms with E-state index in [9.17, 15) is 4.39 Å². The molecule has 1 aromatic carbocycles. The number of halogens is 1. The minimum Gasteiger partial charge on any atom is -0.305 e. The number of nitrogens with zero attached hydrogens (tertiary/aromatic N) is 2. The smallest absolute Gasteiger partial charge is 0.137 e. The van der Waals surface area contributed by atoms with E-state index in [0.717, 1.165) is 11.3 Å². The molecule has 0 aliphatic carbocycles. The number of aromatic nitrogens is 2. The minimum absolute atomic E-state index is 0.0975. The van der Waals surface area contributed by atoms with Crippen molar-refractivity contribution < 1.29 is 4.39 Å². The predicted molar refractivity (Wildman–Crippen MR) is 76.6 cm³/mol. The van der Waals surface area contributed by atoms with Crippen LogP contribution in [0.5, 0.6) is 0 Å². The number of thioether (sulfide) groups is 1. The van der Waals surface area contributed by atoms with Gasteiger partial charge in [0.15, 0.2) is 0 Å². The predicted octanol–water partition coefficient (Wildman–Crippen LogP) is 3.13. The first-order chi connectivity index (χ1) is 9.11. The van der Waals surface area contributed by atoms with Crippen LogP contribution in [0, 0.1) is 5.82 Å². The molecule has 102 valence electrons. The highest BCUT2D eigenvalue weighted by Gasteiger charge is 2.09. The molecule has 0 aliphatic rings. The van der Waals surface area contributed by atoms with Crippen molar-refractivity contribution in [3.63, 3.8) is 0 Å². The minimum atomic E-state index is -0.154. The lowest BCUT2D eigenvalue weighted by atomic mass is 10.1. The number of benzene rings is 1. The number of nitrogens with one attached hydrogen (secondary N) is 1. The lowest BCUT2D eigenvalue weighted by molar-refractivity contribution is 0.539. The topological polar surface area (TPSA) is 29.9 Å². The van der Waals surface area contributed by atoms with Crippen LogP contribution >= 0.6 is 11.8 Å². The summed E-state index contributed by atoms with van der Waals surface area (Å²) in [6.07, 6.45) is 3.65.